The zero-order valence-corrected chi connectivity index (χ0v) is 34.9. The van der Waals surface area contributed by atoms with Gasteiger partial charge in [-0.25, -0.2) is 0 Å². The highest BCUT2D eigenvalue weighted by atomic mass is 16.1. The maximum absolute atomic E-state index is 14.1. The van der Waals surface area contributed by atoms with Crippen LogP contribution in [0.15, 0.2) is 116 Å². The molecule has 1 aromatic rings. The van der Waals surface area contributed by atoms with Crippen molar-refractivity contribution in [1.29, 1.82) is 0 Å². The van der Waals surface area contributed by atoms with E-state index in [1.807, 2.05) is 39.1 Å². The summed E-state index contributed by atoms with van der Waals surface area (Å²) in [5.41, 5.74) is 11.7. The maximum atomic E-state index is 14.1. The average Bonchev–Trinajstić information content (AvgIpc) is 3.12. The second-order valence-electron chi connectivity index (χ2n) is 14.1. The molecule has 1 rings (SSSR count). The summed E-state index contributed by atoms with van der Waals surface area (Å²) in [4.78, 5) is 14.1. The minimum absolute atomic E-state index is 0.0324. The lowest BCUT2D eigenvalue weighted by molar-refractivity contribution is -0.125. The summed E-state index contributed by atoms with van der Waals surface area (Å²) in [7, 11) is 1.92. The zero-order valence-electron chi connectivity index (χ0n) is 34.9. The van der Waals surface area contributed by atoms with E-state index < -0.39 is 0 Å². The van der Waals surface area contributed by atoms with Crippen LogP contribution < -0.4 is 27.0 Å². The number of nitrogens with one attached hydrogen (secondary N) is 4. The number of carbonyl (C=O) groups is 1. The van der Waals surface area contributed by atoms with Crippen LogP contribution in [-0.2, 0) is 4.79 Å². The van der Waals surface area contributed by atoms with Gasteiger partial charge in [-0.1, -0.05) is 156 Å². The fraction of sp³-hybridized carbons (Fsp3) is 0.543. The Balaban J connectivity index is 0. The van der Waals surface area contributed by atoms with Crippen molar-refractivity contribution < 1.29 is 4.79 Å². The minimum atomic E-state index is -0.256. The van der Waals surface area contributed by atoms with E-state index in [0.29, 0.717) is 37.6 Å². The predicted molar refractivity (Wildman–Crippen MR) is 232 cm³/mol. The molecule has 0 aliphatic rings. The van der Waals surface area contributed by atoms with E-state index in [1.54, 1.807) is 0 Å². The number of nitrogens with two attached hydrogens (primary N) is 1. The molecular weight excluding hydrogens is 639 g/mol. The largest absolute Gasteiger partial charge is 0.405 e. The predicted octanol–water partition coefficient (Wildman–Crippen LogP) is 10.8. The molecule has 0 radical (unpaired) electrons. The Morgan fingerprint density at radius 2 is 1.42 bits per heavy atom. The normalized spacial score (nSPS) is 13.3. The van der Waals surface area contributed by atoms with Crippen molar-refractivity contribution in [3.8, 4) is 0 Å². The lowest BCUT2D eigenvalue weighted by Gasteiger charge is -2.31. The molecular formula is C46H79N5O. The van der Waals surface area contributed by atoms with Crippen molar-refractivity contribution in [2.24, 2.45) is 23.5 Å². The Morgan fingerprint density at radius 3 is 1.92 bits per heavy atom. The van der Waals surface area contributed by atoms with Crippen LogP contribution in [-0.4, -0.2) is 31.6 Å². The van der Waals surface area contributed by atoms with Crippen molar-refractivity contribution in [2.75, 3.05) is 13.6 Å². The second kappa shape index (κ2) is 29.8. The molecule has 0 aromatic heterocycles. The van der Waals surface area contributed by atoms with Crippen LogP contribution in [0.1, 0.15) is 125 Å². The number of allylic oxidation sites excluding steroid dienone is 3. The van der Waals surface area contributed by atoms with Gasteiger partial charge in [0.2, 0.25) is 5.91 Å². The summed E-state index contributed by atoms with van der Waals surface area (Å²) in [6.07, 6.45) is 8.64. The van der Waals surface area contributed by atoms with E-state index >= 15 is 0 Å². The lowest BCUT2D eigenvalue weighted by Crippen LogP contribution is -2.42. The summed E-state index contributed by atoms with van der Waals surface area (Å²) in [6, 6.07) is 10.1. The first-order chi connectivity index (χ1) is 24.7. The molecule has 0 saturated carbocycles. The van der Waals surface area contributed by atoms with E-state index in [1.165, 1.54) is 6.20 Å². The first-order valence-corrected chi connectivity index (χ1v) is 19.6. The topological polar surface area (TPSA) is 91.2 Å². The number of carbonyl (C=O) groups excluding carboxylic acids is 1. The highest BCUT2D eigenvalue weighted by Crippen LogP contribution is 2.28. The molecule has 0 spiro atoms. The lowest BCUT2D eigenvalue weighted by atomic mass is 9.84. The standard InChI is InChI=1S/C42H68N4O.C2H5N.C2H6/c1-14-20-39(32(8)26-36(12)45-41(34(10)28-43-13)37-21-18-17-19-22-37)46-42(47)38(25-30(6)15-2)27-33(9)40(31(7)16-3)44-35(11)24-23-29(4)5;1-2-3;1-2/h17-19,21-22,29,31,38-41,43-45H,6,8-12,14-16,20,23-28H2,1-5,7,13H3,(H,46,47);2H,1,3H2;1-2H3. The molecule has 294 valence electrons. The van der Waals surface area contributed by atoms with E-state index in [9.17, 15) is 4.79 Å². The summed E-state index contributed by atoms with van der Waals surface area (Å²) in [5, 5.41) is 13.9. The van der Waals surface area contributed by atoms with Crippen molar-refractivity contribution >= 4 is 5.91 Å². The van der Waals surface area contributed by atoms with Gasteiger partial charge in [0.1, 0.15) is 0 Å². The third kappa shape index (κ3) is 20.9. The molecule has 0 aliphatic heterocycles. The molecule has 0 bridgehead atoms. The molecule has 5 atom stereocenters. The van der Waals surface area contributed by atoms with Gasteiger partial charge >= 0.3 is 0 Å². The Kier molecular flexibility index (Phi) is 28.8. The van der Waals surface area contributed by atoms with Gasteiger partial charge in [-0.15, -0.1) is 0 Å². The number of amides is 1. The van der Waals surface area contributed by atoms with Crippen LogP contribution in [0.2, 0.25) is 0 Å². The summed E-state index contributed by atoms with van der Waals surface area (Å²) >= 11 is 0. The molecule has 0 fully saturated rings. The van der Waals surface area contributed by atoms with E-state index in [-0.39, 0.29) is 30.0 Å². The number of benzene rings is 1. The minimum Gasteiger partial charge on any atom is -0.405 e. The first kappa shape index (κ1) is 50.3. The second-order valence-corrected chi connectivity index (χ2v) is 14.1. The van der Waals surface area contributed by atoms with Gasteiger partial charge in [-0.2, -0.15) is 0 Å². The van der Waals surface area contributed by atoms with Gasteiger partial charge in [0.15, 0.2) is 0 Å². The Labute approximate surface area is 321 Å². The number of likely N-dealkylation sites (N-methyl/N-ethyl adjacent to an activating group) is 1. The van der Waals surface area contributed by atoms with Gasteiger partial charge in [-0.3, -0.25) is 4.79 Å². The zero-order chi connectivity index (χ0) is 40.2. The van der Waals surface area contributed by atoms with Gasteiger partial charge < -0.3 is 27.0 Å². The number of hydrogen-bond acceptors (Lipinski definition) is 5. The SMILES string of the molecule is C=C(CC)CC(CC(=C)C(NC(=C)CCC(C)C)C(C)CC)C(=O)NC(CCC)C(=C)CC(=C)NC(C(=C)CNC)c1ccccc1.C=CN.CC. The molecule has 0 saturated heterocycles. The molecule has 6 N–H and O–H groups in total. The van der Waals surface area contributed by atoms with E-state index in [4.69, 9.17) is 0 Å². The monoisotopic (exact) mass is 718 g/mol. The summed E-state index contributed by atoms with van der Waals surface area (Å²) in [6.45, 7) is 47.2. The highest BCUT2D eigenvalue weighted by molar-refractivity contribution is 5.80. The van der Waals surface area contributed by atoms with Crippen LogP contribution >= 0.6 is 0 Å². The summed E-state index contributed by atoms with van der Waals surface area (Å²) < 4.78 is 0. The molecule has 5 unspecified atom stereocenters. The first-order valence-electron chi connectivity index (χ1n) is 19.6. The highest BCUT2D eigenvalue weighted by Gasteiger charge is 2.28. The van der Waals surface area contributed by atoms with Gasteiger partial charge in [0, 0.05) is 36.3 Å². The van der Waals surface area contributed by atoms with Crippen LogP contribution in [0.5, 0.6) is 0 Å². The maximum Gasteiger partial charge on any atom is 0.224 e. The van der Waals surface area contributed by atoms with Crippen LogP contribution in [0.3, 0.4) is 0 Å². The van der Waals surface area contributed by atoms with E-state index in [0.717, 1.165) is 77.8 Å². The number of rotatable bonds is 26. The number of hydrogen-bond donors (Lipinski definition) is 5. The van der Waals surface area contributed by atoms with Gasteiger partial charge in [-0.05, 0) is 80.3 Å². The Hall–Kier alpha value is -3.77. The van der Waals surface area contributed by atoms with E-state index in [2.05, 4.69) is 127 Å². The Bertz CT molecular complexity index is 1230. The summed E-state index contributed by atoms with van der Waals surface area (Å²) in [5.74, 6) is 0.762. The van der Waals surface area contributed by atoms with Crippen molar-refractivity contribution in [3.05, 3.63) is 122 Å². The third-order valence-corrected chi connectivity index (χ3v) is 9.07. The molecule has 6 nitrogen and oxygen atoms in total. The van der Waals surface area contributed by atoms with Crippen LogP contribution in [0, 0.1) is 17.8 Å². The fourth-order valence-electron chi connectivity index (χ4n) is 5.84. The molecule has 1 amide bonds. The quantitative estimate of drug-likeness (QED) is 0.0616. The van der Waals surface area contributed by atoms with Crippen molar-refractivity contribution in [2.45, 2.75) is 131 Å². The average molecular weight is 718 g/mol. The molecule has 6 heteroatoms. The van der Waals surface area contributed by atoms with Crippen molar-refractivity contribution in [3.63, 3.8) is 0 Å². The third-order valence-electron chi connectivity index (χ3n) is 9.07. The molecule has 1 aromatic carbocycles. The van der Waals surface area contributed by atoms with Crippen molar-refractivity contribution in [1.82, 2.24) is 21.3 Å². The smallest absolute Gasteiger partial charge is 0.224 e. The molecule has 52 heavy (non-hydrogen) atoms. The van der Waals surface area contributed by atoms with Crippen LogP contribution in [0.4, 0.5) is 0 Å². The molecule has 0 aliphatic carbocycles. The molecule has 0 heterocycles. The fourth-order valence-corrected chi connectivity index (χ4v) is 5.84. The van der Waals surface area contributed by atoms with Gasteiger partial charge in [0.25, 0.3) is 0 Å². The van der Waals surface area contributed by atoms with Crippen LogP contribution in [0.25, 0.3) is 0 Å². The Morgan fingerprint density at radius 1 is 0.827 bits per heavy atom. The van der Waals surface area contributed by atoms with Gasteiger partial charge in [0.05, 0.1) is 12.1 Å².